The van der Waals surface area contributed by atoms with E-state index in [2.05, 4.69) is 22.8 Å². The Morgan fingerprint density at radius 3 is 2.27 bits per heavy atom. The zero-order chi connectivity index (χ0) is 39.1. The number of imide groups is 2. The van der Waals surface area contributed by atoms with Gasteiger partial charge in [0.1, 0.15) is 17.9 Å². The molecule has 2 unspecified atom stereocenters. The number of fused-ring (bicyclic) bond motifs is 3. The first kappa shape index (κ1) is 37.4. The third-order valence-electron chi connectivity index (χ3n) is 12.0. The molecule has 2 atom stereocenters. The number of nitrogens with zero attached hydrogens (tertiary/aromatic N) is 3. The number of hydrogen-bond acceptors (Lipinski definition) is 8. The van der Waals surface area contributed by atoms with Crippen molar-refractivity contribution >= 4 is 47.0 Å². The fourth-order valence-electron chi connectivity index (χ4n) is 8.91. The number of hydrogen-bond donors (Lipinski definition) is 2. The van der Waals surface area contributed by atoms with Crippen molar-refractivity contribution in [3.05, 3.63) is 98.1 Å². The normalized spacial score (nSPS) is 22.9. The molecule has 288 valence electrons. The van der Waals surface area contributed by atoms with Crippen LogP contribution in [0.2, 0.25) is 5.02 Å². The number of halogens is 1. The van der Waals surface area contributed by atoms with Crippen LogP contribution in [-0.4, -0.2) is 63.4 Å². The van der Waals surface area contributed by atoms with E-state index in [-0.39, 0.29) is 47.9 Å². The topological polar surface area (TPSA) is 166 Å². The number of aryl methyl sites for hydroxylation is 1. The highest BCUT2D eigenvalue weighted by molar-refractivity contribution is 6.31. The summed E-state index contributed by atoms with van der Waals surface area (Å²) in [6.07, 6.45) is 8.35. The third kappa shape index (κ3) is 7.52. The molecule has 1 saturated carbocycles. The monoisotopic (exact) mass is 775 g/mol. The Kier molecular flexibility index (Phi) is 10.4. The van der Waals surface area contributed by atoms with Gasteiger partial charge in [-0.3, -0.25) is 39.0 Å². The van der Waals surface area contributed by atoms with Gasteiger partial charge >= 0.3 is 0 Å². The van der Waals surface area contributed by atoms with E-state index in [1.807, 2.05) is 12.1 Å². The van der Waals surface area contributed by atoms with Crippen LogP contribution in [0.5, 0.6) is 5.75 Å². The van der Waals surface area contributed by atoms with E-state index in [9.17, 15) is 28.8 Å². The van der Waals surface area contributed by atoms with Gasteiger partial charge in [-0.25, -0.2) is 0 Å². The summed E-state index contributed by atoms with van der Waals surface area (Å²) in [4.78, 5) is 79.7. The minimum Gasteiger partial charge on any atom is -0.490 e. The Morgan fingerprint density at radius 1 is 0.857 bits per heavy atom. The summed E-state index contributed by atoms with van der Waals surface area (Å²) in [6.45, 7) is 0.721. The molecule has 0 radical (unpaired) electrons. The summed E-state index contributed by atoms with van der Waals surface area (Å²) in [5.74, 6) is -1.07. The lowest BCUT2D eigenvalue weighted by Crippen LogP contribution is -2.54. The molecule has 56 heavy (non-hydrogen) atoms. The molecule has 13 heteroatoms. The predicted octanol–water partition coefficient (Wildman–Crippen LogP) is 5.55. The van der Waals surface area contributed by atoms with Crippen molar-refractivity contribution in [1.29, 1.82) is 5.26 Å². The van der Waals surface area contributed by atoms with Crippen LogP contribution < -0.4 is 15.4 Å². The molecule has 2 fully saturated rings. The molecule has 1 saturated heterocycles. The average Bonchev–Trinajstić information content (AvgIpc) is 3.72. The molecule has 0 spiro atoms. The quantitative estimate of drug-likeness (QED) is 0.267. The molecule has 3 heterocycles. The van der Waals surface area contributed by atoms with Crippen LogP contribution in [0.4, 0.5) is 0 Å². The van der Waals surface area contributed by atoms with Gasteiger partial charge in [-0.1, -0.05) is 17.7 Å². The highest BCUT2D eigenvalue weighted by Gasteiger charge is 2.45. The smallest absolute Gasteiger partial charge is 0.262 e. The van der Waals surface area contributed by atoms with Crippen molar-refractivity contribution in [2.24, 2.45) is 5.92 Å². The van der Waals surface area contributed by atoms with E-state index in [1.165, 1.54) is 11.1 Å². The van der Waals surface area contributed by atoms with Crippen LogP contribution in [0.3, 0.4) is 0 Å². The summed E-state index contributed by atoms with van der Waals surface area (Å²) in [7, 11) is 0. The number of nitriles is 1. The maximum Gasteiger partial charge on any atom is 0.262 e. The lowest BCUT2D eigenvalue weighted by Gasteiger charge is -2.30. The van der Waals surface area contributed by atoms with Crippen LogP contribution in [-0.2, 0) is 40.3 Å². The fourth-order valence-corrected chi connectivity index (χ4v) is 9.12. The van der Waals surface area contributed by atoms with Crippen LogP contribution >= 0.6 is 11.6 Å². The zero-order valence-electron chi connectivity index (χ0n) is 30.9. The van der Waals surface area contributed by atoms with Crippen molar-refractivity contribution in [2.75, 3.05) is 0 Å². The average molecular weight is 776 g/mol. The number of ether oxygens (including phenoxy) is 1. The van der Waals surface area contributed by atoms with Crippen molar-refractivity contribution in [1.82, 2.24) is 20.4 Å². The van der Waals surface area contributed by atoms with Gasteiger partial charge < -0.3 is 15.0 Å². The largest absolute Gasteiger partial charge is 0.490 e. The van der Waals surface area contributed by atoms with Crippen LogP contribution in [0.25, 0.3) is 0 Å². The molecule has 2 N–H and O–H groups in total. The van der Waals surface area contributed by atoms with Crippen LogP contribution in [0.1, 0.15) is 123 Å². The molecule has 8 rings (SSSR count). The van der Waals surface area contributed by atoms with Gasteiger partial charge in [0.15, 0.2) is 0 Å². The Bertz CT molecular complexity index is 2160. The highest BCUT2D eigenvalue weighted by Crippen LogP contribution is 2.35. The van der Waals surface area contributed by atoms with Gasteiger partial charge in [-0.15, -0.1) is 0 Å². The molecule has 6 amide bonds. The Morgan fingerprint density at radius 2 is 1.59 bits per heavy atom. The van der Waals surface area contributed by atoms with Crippen LogP contribution in [0, 0.1) is 17.2 Å². The summed E-state index contributed by atoms with van der Waals surface area (Å²) in [6, 6.07) is 15.6. The highest BCUT2D eigenvalue weighted by atomic mass is 35.5. The summed E-state index contributed by atoms with van der Waals surface area (Å²) < 4.78 is 6.10. The molecule has 3 aromatic carbocycles. The zero-order valence-corrected chi connectivity index (χ0v) is 31.7. The maximum atomic E-state index is 13.3. The first-order valence-electron chi connectivity index (χ1n) is 19.5. The van der Waals surface area contributed by atoms with E-state index in [0.29, 0.717) is 47.3 Å². The van der Waals surface area contributed by atoms with E-state index in [0.717, 1.165) is 73.8 Å². The van der Waals surface area contributed by atoms with Crippen molar-refractivity contribution in [3.63, 3.8) is 0 Å². The molecule has 0 bridgehead atoms. The maximum absolute atomic E-state index is 13.3. The number of benzene rings is 3. The molecular weight excluding hydrogens is 734 g/mol. The molecule has 5 aliphatic rings. The van der Waals surface area contributed by atoms with Crippen molar-refractivity contribution in [2.45, 2.75) is 108 Å². The Hall–Kier alpha value is -5.54. The first-order valence-corrected chi connectivity index (χ1v) is 19.9. The van der Waals surface area contributed by atoms with Gasteiger partial charge in [0.2, 0.25) is 17.7 Å². The Balaban J connectivity index is 0.774. The van der Waals surface area contributed by atoms with E-state index in [4.69, 9.17) is 21.6 Å². The van der Waals surface area contributed by atoms with E-state index < -0.39 is 29.7 Å². The van der Waals surface area contributed by atoms with Gasteiger partial charge in [0.25, 0.3) is 17.7 Å². The lowest BCUT2D eigenvalue weighted by atomic mass is 9.81. The first-order chi connectivity index (χ1) is 27.0. The summed E-state index contributed by atoms with van der Waals surface area (Å²) >= 11 is 6.15. The number of amides is 6. The number of piperidine rings is 1. The SMILES string of the molecule is N#Cc1ccc(O[C@H]2CC[C@H](NC(=O)c3ccc4c(c3)CCC(CCCC(=O)N3Cc5cc6c(cc5C3)C(=O)N(C3CCC(=O)NC3=O)C6=O)C4)CC2)cc1Cl. The summed E-state index contributed by atoms with van der Waals surface area (Å²) in [5, 5.41) is 14.9. The predicted molar refractivity (Wildman–Crippen MR) is 203 cm³/mol. The van der Waals surface area contributed by atoms with Crippen molar-refractivity contribution in [3.8, 4) is 11.8 Å². The molecule has 0 aromatic heterocycles. The lowest BCUT2D eigenvalue weighted by molar-refractivity contribution is -0.136. The van der Waals surface area contributed by atoms with Gasteiger partial charge in [0.05, 0.1) is 27.8 Å². The van der Waals surface area contributed by atoms with Gasteiger partial charge in [-0.2, -0.15) is 5.26 Å². The van der Waals surface area contributed by atoms with E-state index >= 15 is 0 Å². The molecule has 2 aliphatic carbocycles. The van der Waals surface area contributed by atoms with Gasteiger partial charge in [-0.05, 0) is 129 Å². The molecule has 3 aliphatic heterocycles. The number of nitrogens with one attached hydrogen (secondary N) is 2. The van der Waals surface area contributed by atoms with Crippen LogP contribution in [0.15, 0.2) is 48.5 Å². The molecule has 3 aromatic rings. The molecular formula is C43H42ClN5O7. The fraction of sp³-hybridized carbons (Fsp3) is 0.419. The number of carbonyl (C=O) groups is 6. The van der Waals surface area contributed by atoms with Gasteiger partial charge in [0, 0.05) is 43.6 Å². The Labute approximate surface area is 329 Å². The molecule has 12 nitrogen and oxygen atoms in total. The minimum atomic E-state index is -1.01. The van der Waals surface area contributed by atoms with Crippen molar-refractivity contribution < 1.29 is 33.5 Å². The summed E-state index contributed by atoms with van der Waals surface area (Å²) in [5.41, 5.74) is 5.67. The second kappa shape index (κ2) is 15.5. The second-order valence-electron chi connectivity index (χ2n) is 15.7. The minimum absolute atomic E-state index is 0.0321. The number of rotatable bonds is 9. The number of carbonyl (C=O) groups excluding carboxylic acids is 6. The second-order valence-corrected chi connectivity index (χ2v) is 16.1. The standard InChI is InChI=1S/C43H42ClN5O7/c44-36-20-33(11-8-28(36)21-45)56-32-12-9-31(10-13-32)46-40(52)27-7-6-25-16-24(4-5-26(25)17-27)2-1-3-39(51)48-22-29-18-34-35(19-30(29)23-48)43(55)49(42(34)54)37-14-15-38(50)47-41(37)53/h6-8,11,17-20,24,31-32,37H,1-5,9-10,12-16,22-23H2,(H,46,52)(H,47,50,53)/t24?,31-,32-,37?. The third-order valence-corrected chi connectivity index (χ3v) is 12.3. The van der Waals surface area contributed by atoms with E-state index in [1.54, 1.807) is 35.2 Å².